The fourth-order valence-electron chi connectivity index (χ4n) is 2.85. The molecule has 5 heteroatoms. The van der Waals surface area contributed by atoms with E-state index in [9.17, 15) is 4.39 Å². The minimum Gasteiger partial charge on any atom is -0.354 e. The van der Waals surface area contributed by atoms with Crippen LogP contribution in [0, 0.1) is 5.82 Å². The van der Waals surface area contributed by atoms with Crippen molar-refractivity contribution in [3.63, 3.8) is 0 Å². The standard InChI is InChI=1S/C15H25FN4/c1-5-13-14(16)15(18-10-17-13)19(4)12-6-8-20(9-7-12)11(2)3/h10-12H,5-9H2,1-4H3. The maximum absolute atomic E-state index is 14.3. The lowest BCUT2D eigenvalue weighted by molar-refractivity contribution is 0.171. The van der Waals surface area contributed by atoms with Crippen LogP contribution in [0.25, 0.3) is 0 Å². The van der Waals surface area contributed by atoms with Gasteiger partial charge in [-0.05, 0) is 33.1 Å². The fourth-order valence-corrected chi connectivity index (χ4v) is 2.85. The summed E-state index contributed by atoms with van der Waals surface area (Å²) in [5, 5.41) is 0. The Kier molecular flexibility index (Phi) is 4.91. The summed E-state index contributed by atoms with van der Waals surface area (Å²) in [4.78, 5) is 12.6. The van der Waals surface area contributed by atoms with Gasteiger partial charge in [-0.3, -0.25) is 0 Å². The molecule has 1 saturated heterocycles. The topological polar surface area (TPSA) is 32.3 Å². The number of hydrogen-bond donors (Lipinski definition) is 0. The zero-order valence-corrected chi connectivity index (χ0v) is 12.9. The third-order valence-corrected chi connectivity index (χ3v) is 4.29. The van der Waals surface area contributed by atoms with Crippen molar-refractivity contribution in [2.24, 2.45) is 0 Å². The number of aryl methyl sites for hydroxylation is 1. The number of anilines is 1. The van der Waals surface area contributed by atoms with E-state index in [1.807, 2.05) is 18.9 Å². The predicted octanol–water partition coefficient (Wildman–Crippen LogP) is 2.49. The van der Waals surface area contributed by atoms with Gasteiger partial charge in [-0.15, -0.1) is 0 Å². The van der Waals surface area contributed by atoms with Gasteiger partial charge in [0.25, 0.3) is 0 Å². The van der Waals surface area contributed by atoms with Gasteiger partial charge in [0, 0.05) is 32.2 Å². The number of aromatic nitrogens is 2. The van der Waals surface area contributed by atoms with Crippen molar-refractivity contribution in [3.05, 3.63) is 17.8 Å². The number of hydrogen-bond acceptors (Lipinski definition) is 4. The average Bonchev–Trinajstić information content (AvgIpc) is 2.47. The zero-order chi connectivity index (χ0) is 14.7. The van der Waals surface area contributed by atoms with Crippen LogP contribution in [0.1, 0.15) is 39.3 Å². The van der Waals surface area contributed by atoms with Crippen LogP contribution in [-0.4, -0.2) is 47.1 Å². The number of likely N-dealkylation sites (tertiary alicyclic amines) is 1. The molecule has 2 rings (SSSR count). The quantitative estimate of drug-likeness (QED) is 0.848. The molecule has 0 atom stereocenters. The van der Waals surface area contributed by atoms with Crippen LogP contribution >= 0.6 is 0 Å². The Morgan fingerprint density at radius 3 is 2.55 bits per heavy atom. The van der Waals surface area contributed by atoms with Gasteiger partial charge in [0.2, 0.25) is 0 Å². The molecule has 20 heavy (non-hydrogen) atoms. The number of nitrogens with zero attached hydrogens (tertiary/aromatic N) is 4. The van der Waals surface area contributed by atoms with E-state index in [1.54, 1.807) is 0 Å². The SMILES string of the molecule is CCc1ncnc(N(C)C2CCN(C(C)C)CC2)c1F. The molecule has 1 aromatic rings. The largest absolute Gasteiger partial charge is 0.354 e. The zero-order valence-electron chi connectivity index (χ0n) is 12.9. The average molecular weight is 280 g/mol. The molecular weight excluding hydrogens is 255 g/mol. The van der Waals surface area contributed by atoms with Crippen LogP contribution in [0.4, 0.5) is 10.2 Å². The van der Waals surface area contributed by atoms with Crippen molar-refractivity contribution in [1.82, 2.24) is 14.9 Å². The van der Waals surface area contributed by atoms with Gasteiger partial charge in [-0.1, -0.05) is 6.92 Å². The molecule has 2 heterocycles. The summed E-state index contributed by atoms with van der Waals surface area (Å²) in [6.45, 7) is 8.50. The highest BCUT2D eigenvalue weighted by atomic mass is 19.1. The van der Waals surface area contributed by atoms with Crippen molar-refractivity contribution in [3.8, 4) is 0 Å². The smallest absolute Gasteiger partial charge is 0.187 e. The van der Waals surface area contributed by atoms with E-state index < -0.39 is 0 Å². The molecule has 4 nitrogen and oxygen atoms in total. The number of piperidine rings is 1. The van der Waals surface area contributed by atoms with Crippen LogP contribution in [0.15, 0.2) is 6.33 Å². The van der Waals surface area contributed by atoms with E-state index in [-0.39, 0.29) is 5.82 Å². The van der Waals surface area contributed by atoms with Crippen molar-refractivity contribution in [2.75, 3.05) is 25.0 Å². The molecule has 0 saturated carbocycles. The van der Waals surface area contributed by atoms with Gasteiger partial charge in [-0.2, -0.15) is 0 Å². The lowest BCUT2D eigenvalue weighted by Gasteiger charge is -2.39. The van der Waals surface area contributed by atoms with E-state index in [0.717, 1.165) is 25.9 Å². The third kappa shape index (κ3) is 3.08. The van der Waals surface area contributed by atoms with Gasteiger partial charge in [0.1, 0.15) is 6.33 Å². The molecule has 0 N–H and O–H groups in total. The summed E-state index contributed by atoms with van der Waals surface area (Å²) < 4.78 is 14.3. The van der Waals surface area contributed by atoms with Crippen molar-refractivity contribution >= 4 is 5.82 Å². The van der Waals surface area contributed by atoms with E-state index in [2.05, 4.69) is 28.7 Å². The summed E-state index contributed by atoms with van der Waals surface area (Å²) in [5.74, 6) is 0.184. The van der Waals surface area contributed by atoms with Gasteiger partial charge in [0.15, 0.2) is 11.6 Å². The first-order valence-corrected chi connectivity index (χ1v) is 7.50. The molecule has 0 unspecified atom stereocenters. The highest BCUT2D eigenvalue weighted by molar-refractivity contribution is 5.41. The molecular formula is C15H25FN4. The highest BCUT2D eigenvalue weighted by Gasteiger charge is 2.26. The maximum Gasteiger partial charge on any atom is 0.187 e. The van der Waals surface area contributed by atoms with E-state index in [0.29, 0.717) is 30.0 Å². The third-order valence-electron chi connectivity index (χ3n) is 4.29. The van der Waals surface area contributed by atoms with Crippen LogP contribution in [0.5, 0.6) is 0 Å². The monoisotopic (exact) mass is 280 g/mol. The Morgan fingerprint density at radius 1 is 1.35 bits per heavy atom. The minimum absolute atomic E-state index is 0.260. The fraction of sp³-hybridized carbons (Fsp3) is 0.733. The summed E-state index contributed by atoms with van der Waals surface area (Å²) in [6.07, 6.45) is 4.18. The van der Waals surface area contributed by atoms with Crippen molar-refractivity contribution < 1.29 is 4.39 Å². The summed E-state index contributed by atoms with van der Waals surface area (Å²) in [6, 6.07) is 0.947. The van der Waals surface area contributed by atoms with E-state index in [1.165, 1.54) is 6.33 Å². The van der Waals surface area contributed by atoms with Gasteiger partial charge in [-0.25, -0.2) is 14.4 Å². The van der Waals surface area contributed by atoms with E-state index in [4.69, 9.17) is 0 Å². The summed E-state index contributed by atoms with van der Waals surface area (Å²) >= 11 is 0. The van der Waals surface area contributed by atoms with Gasteiger partial charge in [0.05, 0.1) is 5.69 Å². The Balaban J connectivity index is 2.07. The van der Waals surface area contributed by atoms with E-state index >= 15 is 0 Å². The molecule has 1 aromatic heterocycles. The summed E-state index contributed by atoms with van der Waals surface area (Å²) in [7, 11) is 1.94. The Bertz CT molecular complexity index is 441. The Labute approximate surface area is 121 Å². The molecule has 0 aromatic carbocycles. The van der Waals surface area contributed by atoms with Crippen molar-refractivity contribution in [1.29, 1.82) is 0 Å². The molecule has 112 valence electrons. The Hall–Kier alpha value is -1.23. The molecule has 1 aliphatic rings. The normalized spacial score (nSPS) is 17.7. The van der Waals surface area contributed by atoms with Crippen molar-refractivity contribution in [2.45, 2.75) is 52.1 Å². The first-order valence-electron chi connectivity index (χ1n) is 7.50. The lowest BCUT2D eigenvalue weighted by Crippen LogP contribution is -2.46. The maximum atomic E-state index is 14.3. The predicted molar refractivity (Wildman–Crippen MR) is 79.5 cm³/mol. The highest BCUT2D eigenvalue weighted by Crippen LogP contribution is 2.24. The molecule has 0 bridgehead atoms. The lowest BCUT2D eigenvalue weighted by atomic mass is 10.0. The molecule has 1 fully saturated rings. The van der Waals surface area contributed by atoms with Gasteiger partial charge >= 0.3 is 0 Å². The molecule has 0 spiro atoms. The second-order valence-electron chi connectivity index (χ2n) is 5.78. The molecule has 0 amide bonds. The number of rotatable bonds is 4. The second-order valence-corrected chi connectivity index (χ2v) is 5.78. The molecule has 0 radical (unpaired) electrons. The first-order chi connectivity index (χ1) is 9.54. The van der Waals surface area contributed by atoms with Crippen LogP contribution in [0.3, 0.4) is 0 Å². The summed E-state index contributed by atoms with van der Waals surface area (Å²) in [5.41, 5.74) is 0.501. The Morgan fingerprint density at radius 2 is 2.00 bits per heavy atom. The minimum atomic E-state index is -0.260. The van der Waals surface area contributed by atoms with Gasteiger partial charge < -0.3 is 9.80 Å². The van der Waals surface area contributed by atoms with Crippen LogP contribution in [0.2, 0.25) is 0 Å². The molecule has 1 aliphatic heterocycles. The first kappa shape index (κ1) is 15.2. The van der Waals surface area contributed by atoms with Crippen LogP contribution in [-0.2, 0) is 6.42 Å². The number of halogens is 1. The molecule has 0 aliphatic carbocycles. The second kappa shape index (κ2) is 6.48. The van der Waals surface area contributed by atoms with Crippen LogP contribution < -0.4 is 4.90 Å².